The van der Waals surface area contributed by atoms with E-state index in [9.17, 15) is 0 Å². The van der Waals surface area contributed by atoms with E-state index in [0.29, 0.717) is 6.61 Å². The zero-order valence-corrected chi connectivity index (χ0v) is 8.66. The first kappa shape index (κ1) is 10.1. The van der Waals surface area contributed by atoms with E-state index in [4.69, 9.17) is 10.5 Å². The van der Waals surface area contributed by atoms with Gasteiger partial charge in [0.25, 0.3) is 0 Å². The van der Waals surface area contributed by atoms with Gasteiger partial charge in [-0.05, 0) is 20.8 Å². The van der Waals surface area contributed by atoms with Crippen LogP contribution < -0.4 is 5.73 Å². The van der Waals surface area contributed by atoms with Crippen molar-refractivity contribution in [1.82, 2.24) is 9.78 Å². The molecule has 4 heteroatoms. The van der Waals surface area contributed by atoms with Crippen LogP contribution in [0.1, 0.15) is 24.4 Å². The second kappa shape index (κ2) is 3.79. The van der Waals surface area contributed by atoms with Gasteiger partial charge in [-0.15, -0.1) is 0 Å². The molecular weight excluding hydrogens is 166 g/mol. The molecule has 0 bridgehead atoms. The second-order valence-electron chi connectivity index (χ2n) is 3.33. The Hall–Kier alpha value is -1.03. The lowest BCUT2D eigenvalue weighted by molar-refractivity contribution is 0.156. The summed E-state index contributed by atoms with van der Waals surface area (Å²) in [4.78, 5) is 0. The first-order chi connectivity index (χ1) is 6.07. The molecule has 1 rings (SSSR count). The number of aryl methyl sites for hydroxylation is 1. The Morgan fingerprint density at radius 1 is 1.54 bits per heavy atom. The maximum atomic E-state index is 5.81. The van der Waals surface area contributed by atoms with Gasteiger partial charge in [0, 0.05) is 7.11 Å². The summed E-state index contributed by atoms with van der Waals surface area (Å²) in [5, 5.41) is 4.34. The lowest BCUT2D eigenvalue weighted by Crippen LogP contribution is -2.14. The molecule has 74 valence electrons. The molecule has 0 radical (unpaired) electrons. The predicted molar refractivity (Wildman–Crippen MR) is 52.7 cm³/mol. The monoisotopic (exact) mass is 183 g/mol. The summed E-state index contributed by atoms with van der Waals surface area (Å²) >= 11 is 0. The van der Waals surface area contributed by atoms with Gasteiger partial charge in [0.2, 0.25) is 0 Å². The van der Waals surface area contributed by atoms with Gasteiger partial charge in [-0.2, -0.15) is 5.10 Å². The SMILES string of the molecule is COCC(C)n1nc(C)c(N)c1C. The molecule has 13 heavy (non-hydrogen) atoms. The van der Waals surface area contributed by atoms with E-state index in [-0.39, 0.29) is 6.04 Å². The number of anilines is 1. The van der Waals surface area contributed by atoms with Gasteiger partial charge in [-0.3, -0.25) is 4.68 Å². The molecule has 0 amide bonds. The number of hydrogen-bond acceptors (Lipinski definition) is 3. The summed E-state index contributed by atoms with van der Waals surface area (Å²) in [5.41, 5.74) is 8.50. The number of nitrogen functional groups attached to an aromatic ring is 1. The van der Waals surface area contributed by atoms with Crippen LogP contribution in [0.25, 0.3) is 0 Å². The average molecular weight is 183 g/mol. The Morgan fingerprint density at radius 3 is 2.54 bits per heavy atom. The highest BCUT2D eigenvalue weighted by atomic mass is 16.5. The van der Waals surface area contributed by atoms with Gasteiger partial charge < -0.3 is 10.5 Å². The number of nitrogens with two attached hydrogens (primary N) is 1. The van der Waals surface area contributed by atoms with E-state index >= 15 is 0 Å². The van der Waals surface area contributed by atoms with Crippen molar-refractivity contribution in [1.29, 1.82) is 0 Å². The van der Waals surface area contributed by atoms with Crippen LogP contribution in [0.15, 0.2) is 0 Å². The average Bonchev–Trinajstić information content (AvgIpc) is 2.33. The van der Waals surface area contributed by atoms with E-state index < -0.39 is 0 Å². The van der Waals surface area contributed by atoms with E-state index in [1.165, 1.54) is 0 Å². The molecule has 1 atom stereocenters. The Balaban J connectivity index is 2.94. The summed E-state index contributed by atoms with van der Waals surface area (Å²) in [7, 11) is 1.69. The van der Waals surface area contributed by atoms with Crippen LogP contribution in [-0.2, 0) is 4.74 Å². The second-order valence-corrected chi connectivity index (χ2v) is 3.33. The van der Waals surface area contributed by atoms with Crippen LogP contribution in [-0.4, -0.2) is 23.5 Å². The highest BCUT2D eigenvalue weighted by Gasteiger charge is 2.12. The molecule has 4 nitrogen and oxygen atoms in total. The molecule has 0 aliphatic rings. The summed E-state index contributed by atoms with van der Waals surface area (Å²) < 4.78 is 6.97. The van der Waals surface area contributed by atoms with Crippen LogP contribution >= 0.6 is 0 Å². The van der Waals surface area contributed by atoms with Crippen molar-refractivity contribution in [3.05, 3.63) is 11.4 Å². The smallest absolute Gasteiger partial charge is 0.0826 e. The van der Waals surface area contributed by atoms with Crippen LogP contribution in [0, 0.1) is 13.8 Å². The molecule has 0 aliphatic heterocycles. The van der Waals surface area contributed by atoms with Crippen molar-refractivity contribution in [2.75, 3.05) is 19.5 Å². The van der Waals surface area contributed by atoms with Crippen LogP contribution in [0.2, 0.25) is 0 Å². The minimum absolute atomic E-state index is 0.237. The van der Waals surface area contributed by atoms with Crippen molar-refractivity contribution in [3.63, 3.8) is 0 Å². The van der Waals surface area contributed by atoms with E-state index in [1.807, 2.05) is 18.5 Å². The summed E-state index contributed by atoms with van der Waals surface area (Å²) in [6, 6.07) is 0.237. The fourth-order valence-electron chi connectivity index (χ4n) is 1.42. The van der Waals surface area contributed by atoms with Crippen LogP contribution in [0.3, 0.4) is 0 Å². The van der Waals surface area contributed by atoms with Gasteiger partial charge >= 0.3 is 0 Å². The van der Waals surface area contributed by atoms with Crippen LogP contribution in [0.5, 0.6) is 0 Å². The van der Waals surface area contributed by atoms with Crippen molar-refractivity contribution in [2.45, 2.75) is 26.8 Å². The van der Waals surface area contributed by atoms with E-state index in [1.54, 1.807) is 7.11 Å². The highest BCUT2D eigenvalue weighted by Crippen LogP contribution is 2.18. The third-order valence-electron chi connectivity index (χ3n) is 2.21. The Bertz CT molecular complexity index is 293. The molecule has 1 unspecified atom stereocenters. The maximum absolute atomic E-state index is 5.81. The number of nitrogens with zero attached hydrogens (tertiary/aromatic N) is 2. The van der Waals surface area contributed by atoms with Crippen molar-refractivity contribution in [3.8, 4) is 0 Å². The normalized spacial score (nSPS) is 13.2. The van der Waals surface area contributed by atoms with Gasteiger partial charge in [-0.25, -0.2) is 0 Å². The molecule has 0 saturated heterocycles. The Kier molecular flexibility index (Phi) is 2.93. The number of ether oxygens (including phenoxy) is 1. The zero-order chi connectivity index (χ0) is 10.0. The van der Waals surface area contributed by atoms with E-state index in [2.05, 4.69) is 12.0 Å². The molecule has 0 aromatic carbocycles. The molecule has 0 saturated carbocycles. The van der Waals surface area contributed by atoms with Crippen molar-refractivity contribution >= 4 is 5.69 Å². The minimum Gasteiger partial charge on any atom is -0.396 e. The molecule has 1 heterocycles. The fraction of sp³-hybridized carbons (Fsp3) is 0.667. The Morgan fingerprint density at radius 2 is 2.15 bits per heavy atom. The number of methoxy groups -OCH3 is 1. The summed E-state index contributed by atoms with van der Waals surface area (Å²) in [6.45, 7) is 6.60. The minimum atomic E-state index is 0.237. The molecule has 1 aromatic rings. The lowest BCUT2D eigenvalue weighted by atomic mass is 10.3. The standard InChI is InChI=1S/C9H17N3O/c1-6(5-13-4)12-8(3)9(10)7(2)11-12/h6H,5,10H2,1-4H3. The van der Waals surface area contributed by atoms with Gasteiger partial charge in [0.05, 0.1) is 29.7 Å². The third-order valence-corrected chi connectivity index (χ3v) is 2.21. The molecule has 2 N–H and O–H groups in total. The first-order valence-corrected chi connectivity index (χ1v) is 4.38. The molecule has 0 aliphatic carbocycles. The van der Waals surface area contributed by atoms with Crippen LogP contribution in [0.4, 0.5) is 5.69 Å². The summed E-state index contributed by atoms with van der Waals surface area (Å²) in [6.07, 6.45) is 0. The van der Waals surface area contributed by atoms with Gasteiger partial charge in [-0.1, -0.05) is 0 Å². The molecule has 0 spiro atoms. The topological polar surface area (TPSA) is 53.1 Å². The van der Waals surface area contributed by atoms with Crippen molar-refractivity contribution < 1.29 is 4.74 Å². The third kappa shape index (κ3) is 1.83. The molecular formula is C9H17N3O. The van der Waals surface area contributed by atoms with Gasteiger partial charge in [0.1, 0.15) is 0 Å². The Labute approximate surface area is 78.7 Å². The number of rotatable bonds is 3. The quantitative estimate of drug-likeness (QED) is 0.768. The summed E-state index contributed by atoms with van der Waals surface area (Å²) in [5.74, 6) is 0. The maximum Gasteiger partial charge on any atom is 0.0826 e. The molecule has 1 aromatic heterocycles. The first-order valence-electron chi connectivity index (χ1n) is 4.38. The largest absolute Gasteiger partial charge is 0.396 e. The zero-order valence-electron chi connectivity index (χ0n) is 8.66. The number of aromatic nitrogens is 2. The van der Waals surface area contributed by atoms with Gasteiger partial charge in [0.15, 0.2) is 0 Å². The molecule has 0 fully saturated rings. The highest BCUT2D eigenvalue weighted by molar-refractivity contribution is 5.46. The van der Waals surface area contributed by atoms with Crippen molar-refractivity contribution in [2.24, 2.45) is 0 Å². The number of hydrogen-bond donors (Lipinski definition) is 1. The lowest BCUT2D eigenvalue weighted by Gasteiger charge is -2.12. The van der Waals surface area contributed by atoms with E-state index in [0.717, 1.165) is 17.1 Å². The fourth-order valence-corrected chi connectivity index (χ4v) is 1.42. The predicted octanol–water partition coefficient (Wildman–Crippen LogP) is 1.29.